The van der Waals surface area contributed by atoms with Crippen LogP contribution in [0.25, 0.3) is 0 Å². The van der Waals surface area contributed by atoms with Crippen molar-refractivity contribution in [2.45, 2.75) is 44.6 Å². The van der Waals surface area contributed by atoms with Gasteiger partial charge in [0.2, 0.25) is 0 Å². The first kappa shape index (κ1) is 12.1. The standard InChI is InChI=1S/C14H21NO2/c1-16-12-8-9-14(13(15)10-12)17-11-6-4-2-3-5-7-11/h8-11H,2-7,15H2,1H3. The van der Waals surface area contributed by atoms with Crippen molar-refractivity contribution in [3.05, 3.63) is 18.2 Å². The zero-order valence-electron chi connectivity index (χ0n) is 10.4. The average molecular weight is 235 g/mol. The highest BCUT2D eigenvalue weighted by atomic mass is 16.5. The SMILES string of the molecule is COc1ccc(OC2CCCCCC2)c(N)c1. The van der Waals surface area contributed by atoms with E-state index in [1.807, 2.05) is 18.2 Å². The van der Waals surface area contributed by atoms with Gasteiger partial charge in [0, 0.05) is 6.07 Å². The van der Waals surface area contributed by atoms with E-state index in [1.54, 1.807) is 7.11 Å². The van der Waals surface area contributed by atoms with E-state index in [0.717, 1.165) is 24.3 Å². The molecule has 1 aromatic rings. The predicted molar refractivity (Wildman–Crippen MR) is 69.5 cm³/mol. The fourth-order valence-corrected chi connectivity index (χ4v) is 2.30. The molecule has 0 unspecified atom stereocenters. The normalized spacial score (nSPS) is 17.5. The number of ether oxygens (including phenoxy) is 2. The maximum absolute atomic E-state index is 5.99. The first-order valence-corrected chi connectivity index (χ1v) is 6.40. The largest absolute Gasteiger partial charge is 0.497 e. The number of methoxy groups -OCH3 is 1. The van der Waals surface area contributed by atoms with Crippen molar-refractivity contribution in [3.8, 4) is 11.5 Å². The number of nitrogens with two attached hydrogens (primary N) is 1. The molecule has 17 heavy (non-hydrogen) atoms. The Labute approximate surface area is 103 Å². The van der Waals surface area contributed by atoms with Gasteiger partial charge in [-0.05, 0) is 37.8 Å². The lowest BCUT2D eigenvalue weighted by Crippen LogP contribution is -2.15. The van der Waals surface area contributed by atoms with Crippen molar-refractivity contribution >= 4 is 5.69 Å². The highest BCUT2D eigenvalue weighted by molar-refractivity contribution is 5.56. The molecule has 1 saturated carbocycles. The number of nitrogen functional groups attached to an aromatic ring is 1. The molecule has 0 saturated heterocycles. The Hall–Kier alpha value is -1.38. The highest BCUT2D eigenvalue weighted by Crippen LogP contribution is 2.29. The van der Waals surface area contributed by atoms with Crippen molar-refractivity contribution in [1.29, 1.82) is 0 Å². The first-order chi connectivity index (χ1) is 8.29. The van der Waals surface area contributed by atoms with Crippen molar-refractivity contribution < 1.29 is 9.47 Å². The lowest BCUT2D eigenvalue weighted by atomic mass is 10.1. The smallest absolute Gasteiger partial charge is 0.142 e. The van der Waals surface area contributed by atoms with Gasteiger partial charge in [-0.3, -0.25) is 0 Å². The Morgan fingerprint density at radius 2 is 1.82 bits per heavy atom. The summed E-state index contributed by atoms with van der Waals surface area (Å²) in [5, 5.41) is 0. The van der Waals surface area contributed by atoms with E-state index in [2.05, 4.69) is 0 Å². The van der Waals surface area contributed by atoms with Gasteiger partial charge < -0.3 is 15.2 Å². The van der Waals surface area contributed by atoms with Crippen LogP contribution in [0.1, 0.15) is 38.5 Å². The molecule has 0 atom stereocenters. The van der Waals surface area contributed by atoms with E-state index < -0.39 is 0 Å². The monoisotopic (exact) mass is 235 g/mol. The number of benzene rings is 1. The minimum absolute atomic E-state index is 0.327. The van der Waals surface area contributed by atoms with Gasteiger partial charge >= 0.3 is 0 Å². The summed E-state index contributed by atoms with van der Waals surface area (Å²) in [6, 6.07) is 5.60. The third-order valence-corrected chi connectivity index (χ3v) is 3.31. The van der Waals surface area contributed by atoms with Gasteiger partial charge in [-0.2, -0.15) is 0 Å². The van der Waals surface area contributed by atoms with Crippen LogP contribution in [0.15, 0.2) is 18.2 Å². The lowest BCUT2D eigenvalue weighted by Gasteiger charge is -2.18. The number of hydrogen-bond acceptors (Lipinski definition) is 3. The number of anilines is 1. The van der Waals surface area contributed by atoms with E-state index in [0.29, 0.717) is 11.8 Å². The van der Waals surface area contributed by atoms with E-state index in [-0.39, 0.29) is 0 Å². The highest BCUT2D eigenvalue weighted by Gasteiger charge is 2.15. The molecule has 0 spiro atoms. The Bertz CT molecular complexity index is 357. The van der Waals surface area contributed by atoms with Gasteiger partial charge in [0.05, 0.1) is 18.9 Å². The Balaban J connectivity index is 2.01. The molecule has 0 radical (unpaired) electrons. The third kappa shape index (κ3) is 3.29. The Kier molecular flexibility index (Phi) is 4.13. The summed E-state index contributed by atoms with van der Waals surface area (Å²) < 4.78 is 11.1. The van der Waals surface area contributed by atoms with E-state index in [9.17, 15) is 0 Å². The van der Waals surface area contributed by atoms with Crippen LogP contribution in [0, 0.1) is 0 Å². The summed E-state index contributed by atoms with van der Waals surface area (Å²) in [4.78, 5) is 0. The van der Waals surface area contributed by atoms with Crippen LogP contribution >= 0.6 is 0 Å². The molecular weight excluding hydrogens is 214 g/mol. The van der Waals surface area contributed by atoms with Crippen molar-refractivity contribution in [1.82, 2.24) is 0 Å². The predicted octanol–water partition coefficient (Wildman–Crippen LogP) is 3.38. The molecule has 1 aliphatic carbocycles. The second kappa shape index (κ2) is 5.80. The molecule has 1 aromatic carbocycles. The molecule has 0 amide bonds. The van der Waals surface area contributed by atoms with Gasteiger partial charge in [0.25, 0.3) is 0 Å². The summed E-state index contributed by atoms with van der Waals surface area (Å²) in [6.07, 6.45) is 7.81. The molecule has 2 rings (SSSR count). The van der Waals surface area contributed by atoms with Crippen molar-refractivity contribution in [3.63, 3.8) is 0 Å². The molecule has 2 N–H and O–H groups in total. The number of rotatable bonds is 3. The van der Waals surface area contributed by atoms with Crippen LogP contribution in [0.2, 0.25) is 0 Å². The van der Waals surface area contributed by atoms with Crippen LogP contribution in [-0.4, -0.2) is 13.2 Å². The number of hydrogen-bond donors (Lipinski definition) is 1. The van der Waals surface area contributed by atoms with Gasteiger partial charge in [-0.15, -0.1) is 0 Å². The average Bonchev–Trinajstić information content (AvgIpc) is 2.60. The summed E-state index contributed by atoms with van der Waals surface area (Å²) in [5.41, 5.74) is 6.61. The van der Waals surface area contributed by atoms with Crippen molar-refractivity contribution in [2.75, 3.05) is 12.8 Å². The van der Waals surface area contributed by atoms with Gasteiger partial charge in [-0.25, -0.2) is 0 Å². The minimum atomic E-state index is 0.327. The third-order valence-electron chi connectivity index (χ3n) is 3.31. The fraction of sp³-hybridized carbons (Fsp3) is 0.571. The second-order valence-electron chi connectivity index (χ2n) is 4.64. The van der Waals surface area contributed by atoms with Crippen LogP contribution in [0.5, 0.6) is 11.5 Å². The summed E-state index contributed by atoms with van der Waals surface area (Å²) in [6.45, 7) is 0. The van der Waals surface area contributed by atoms with Crippen LogP contribution in [-0.2, 0) is 0 Å². The Morgan fingerprint density at radius 3 is 2.41 bits per heavy atom. The van der Waals surface area contributed by atoms with Crippen LogP contribution < -0.4 is 15.2 Å². The van der Waals surface area contributed by atoms with E-state index in [4.69, 9.17) is 15.2 Å². The van der Waals surface area contributed by atoms with Crippen LogP contribution in [0.4, 0.5) is 5.69 Å². The molecular formula is C14H21NO2. The minimum Gasteiger partial charge on any atom is -0.497 e. The molecule has 3 heteroatoms. The Morgan fingerprint density at radius 1 is 1.12 bits per heavy atom. The van der Waals surface area contributed by atoms with Gasteiger partial charge in [0.1, 0.15) is 11.5 Å². The molecule has 3 nitrogen and oxygen atoms in total. The molecule has 0 bridgehead atoms. The van der Waals surface area contributed by atoms with Gasteiger partial charge in [0.15, 0.2) is 0 Å². The lowest BCUT2D eigenvalue weighted by molar-refractivity contribution is 0.185. The topological polar surface area (TPSA) is 44.5 Å². The maximum Gasteiger partial charge on any atom is 0.142 e. The molecule has 1 fully saturated rings. The summed E-state index contributed by atoms with van der Waals surface area (Å²) >= 11 is 0. The maximum atomic E-state index is 5.99. The molecule has 0 aliphatic heterocycles. The molecule has 94 valence electrons. The first-order valence-electron chi connectivity index (χ1n) is 6.40. The zero-order chi connectivity index (χ0) is 12.1. The summed E-state index contributed by atoms with van der Waals surface area (Å²) in [5.74, 6) is 1.56. The summed E-state index contributed by atoms with van der Waals surface area (Å²) in [7, 11) is 1.64. The quantitative estimate of drug-likeness (QED) is 0.645. The molecule has 0 aromatic heterocycles. The second-order valence-corrected chi connectivity index (χ2v) is 4.64. The van der Waals surface area contributed by atoms with Crippen LogP contribution in [0.3, 0.4) is 0 Å². The van der Waals surface area contributed by atoms with Crippen molar-refractivity contribution in [2.24, 2.45) is 0 Å². The fourth-order valence-electron chi connectivity index (χ4n) is 2.30. The van der Waals surface area contributed by atoms with Gasteiger partial charge in [-0.1, -0.05) is 12.8 Å². The van der Waals surface area contributed by atoms with E-state index >= 15 is 0 Å². The zero-order valence-corrected chi connectivity index (χ0v) is 10.4. The van der Waals surface area contributed by atoms with E-state index in [1.165, 1.54) is 25.7 Å². The molecule has 1 aliphatic rings. The molecule has 0 heterocycles.